The van der Waals surface area contributed by atoms with Gasteiger partial charge >= 0.3 is 0 Å². The SMILES string of the molecule is CC(=N)c1cc(C)cc(OC2=CC(C)C=Cc3[nH]ncc32)c1N=C(C)Cl. The van der Waals surface area contributed by atoms with E-state index in [1.54, 1.807) is 20.0 Å². The van der Waals surface area contributed by atoms with E-state index in [9.17, 15) is 0 Å². The summed E-state index contributed by atoms with van der Waals surface area (Å²) in [6.45, 7) is 7.49. The highest BCUT2D eigenvalue weighted by molar-refractivity contribution is 6.65. The van der Waals surface area contributed by atoms with Crippen LogP contribution in [0.25, 0.3) is 11.8 Å². The average molecular weight is 369 g/mol. The molecule has 0 radical (unpaired) electrons. The lowest BCUT2D eigenvalue weighted by atomic mass is 10.0. The number of aryl methyl sites for hydroxylation is 1. The molecule has 0 spiro atoms. The molecule has 0 saturated carbocycles. The molecule has 5 nitrogen and oxygen atoms in total. The molecular formula is C20H21ClN4O. The van der Waals surface area contributed by atoms with Crippen molar-refractivity contribution in [1.29, 1.82) is 5.41 Å². The van der Waals surface area contributed by atoms with Gasteiger partial charge in [-0.15, -0.1) is 0 Å². The van der Waals surface area contributed by atoms with E-state index in [0.29, 0.717) is 33.6 Å². The number of hydrogen-bond acceptors (Lipinski definition) is 4. The number of allylic oxidation sites excluding steroid dienone is 2. The van der Waals surface area contributed by atoms with Crippen LogP contribution in [0.5, 0.6) is 5.75 Å². The maximum atomic E-state index is 8.09. The van der Waals surface area contributed by atoms with Gasteiger partial charge in [-0.3, -0.25) is 5.10 Å². The Bertz CT molecular complexity index is 949. The molecule has 1 aromatic heterocycles. The molecular weight excluding hydrogens is 348 g/mol. The minimum absolute atomic E-state index is 0.210. The van der Waals surface area contributed by atoms with E-state index < -0.39 is 0 Å². The Labute approximate surface area is 158 Å². The summed E-state index contributed by atoms with van der Waals surface area (Å²) < 4.78 is 6.29. The van der Waals surface area contributed by atoms with Gasteiger partial charge in [0.25, 0.3) is 0 Å². The number of hydrogen-bond donors (Lipinski definition) is 2. The molecule has 134 valence electrons. The van der Waals surface area contributed by atoms with Crippen molar-refractivity contribution in [2.75, 3.05) is 0 Å². The summed E-state index contributed by atoms with van der Waals surface area (Å²) >= 11 is 6.04. The van der Waals surface area contributed by atoms with E-state index in [2.05, 4.69) is 28.2 Å². The molecule has 1 aliphatic rings. The van der Waals surface area contributed by atoms with Gasteiger partial charge in [-0.05, 0) is 56.5 Å². The Hall–Kier alpha value is -2.66. The molecule has 1 atom stereocenters. The Balaban J connectivity index is 2.14. The second-order valence-corrected chi connectivity index (χ2v) is 6.99. The summed E-state index contributed by atoms with van der Waals surface area (Å²) in [6, 6.07) is 3.83. The fourth-order valence-corrected chi connectivity index (χ4v) is 2.92. The summed E-state index contributed by atoms with van der Waals surface area (Å²) in [7, 11) is 0. The monoisotopic (exact) mass is 368 g/mol. The van der Waals surface area contributed by atoms with Crippen molar-refractivity contribution >= 4 is 40.0 Å². The second-order valence-electron chi connectivity index (χ2n) is 6.44. The normalized spacial score (nSPS) is 16.7. The Morgan fingerprint density at radius 3 is 2.81 bits per heavy atom. The molecule has 2 aromatic rings. The second kappa shape index (κ2) is 7.30. The number of nitrogens with one attached hydrogen (secondary N) is 2. The van der Waals surface area contributed by atoms with Crippen LogP contribution in [0.4, 0.5) is 5.69 Å². The van der Waals surface area contributed by atoms with Gasteiger partial charge in [0.05, 0.1) is 17.5 Å². The van der Waals surface area contributed by atoms with Crippen molar-refractivity contribution in [3.05, 3.63) is 52.9 Å². The van der Waals surface area contributed by atoms with Crippen LogP contribution in [-0.4, -0.2) is 21.1 Å². The lowest BCUT2D eigenvalue weighted by molar-refractivity contribution is 0.512. The van der Waals surface area contributed by atoms with Gasteiger partial charge in [-0.25, -0.2) is 4.99 Å². The molecule has 1 heterocycles. The Morgan fingerprint density at radius 2 is 2.12 bits per heavy atom. The summed E-state index contributed by atoms with van der Waals surface area (Å²) in [5.74, 6) is 1.48. The fraction of sp³-hybridized carbons (Fsp3) is 0.250. The molecule has 0 amide bonds. The summed E-state index contributed by atoms with van der Waals surface area (Å²) in [5.41, 5.74) is 4.44. The van der Waals surface area contributed by atoms with Crippen molar-refractivity contribution in [3.8, 4) is 5.75 Å². The number of benzene rings is 1. The molecule has 1 aromatic carbocycles. The lowest BCUT2D eigenvalue weighted by Crippen LogP contribution is -2.01. The van der Waals surface area contributed by atoms with Crippen molar-refractivity contribution in [2.45, 2.75) is 27.7 Å². The zero-order chi connectivity index (χ0) is 18.8. The van der Waals surface area contributed by atoms with E-state index >= 15 is 0 Å². The third-order valence-electron chi connectivity index (χ3n) is 4.02. The molecule has 2 N–H and O–H groups in total. The topological polar surface area (TPSA) is 74.1 Å². The predicted molar refractivity (Wildman–Crippen MR) is 108 cm³/mol. The van der Waals surface area contributed by atoms with Crippen molar-refractivity contribution < 1.29 is 4.74 Å². The van der Waals surface area contributed by atoms with Crippen LogP contribution in [0, 0.1) is 18.3 Å². The van der Waals surface area contributed by atoms with E-state index in [1.165, 1.54) is 0 Å². The van der Waals surface area contributed by atoms with Gasteiger partial charge in [0.2, 0.25) is 0 Å². The van der Waals surface area contributed by atoms with Crippen LogP contribution in [0.3, 0.4) is 0 Å². The largest absolute Gasteiger partial charge is 0.455 e. The van der Waals surface area contributed by atoms with Crippen molar-refractivity contribution in [1.82, 2.24) is 10.2 Å². The maximum Gasteiger partial charge on any atom is 0.154 e. The zero-order valence-corrected chi connectivity index (χ0v) is 16.0. The highest BCUT2D eigenvalue weighted by Crippen LogP contribution is 2.38. The average Bonchev–Trinajstić information content (AvgIpc) is 2.97. The minimum atomic E-state index is 0.210. The minimum Gasteiger partial charge on any atom is -0.455 e. The quantitative estimate of drug-likeness (QED) is 0.701. The molecule has 6 heteroatoms. The summed E-state index contributed by atoms with van der Waals surface area (Å²) in [6.07, 6.45) is 7.88. The summed E-state index contributed by atoms with van der Waals surface area (Å²) in [4.78, 5) is 4.42. The van der Waals surface area contributed by atoms with E-state index in [1.807, 2.05) is 31.2 Å². The van der Waals surface area contributed by atoms with Gasteiger partial charge in [0, 0.05) is 11.3 Å². The number of H-pyrrole nitrogens is 1. The van der Waals surface area contributed by atoms with Gasteiger partial charge in [-0.2, -0.15) is 5.10 Å². The third kappa shape index (κ3) is 3.78. The van der Waals surface area contributed by atoms with Gasteiger partial charge in [-0.1, -0.05) is 24.6 Å². The number of aromatic amines is 1. The molecule has 0 aliphatic heterocycles. The van der Waals surface area contributed by atoms with Crippen LogP contribution in [0.1, 0.15) is 43.2 Å². The first-order valence-electron chi connectivity index (χ1n) is 8.37. The first kappa shape index (κ1) is 18.1. The van der Waals surface area contributed by atoms with Crippen LogP contribution >= 0.6 is 11.6 Å². The van der Waals surface area contributed by atoms with Gasteiger partial charge in [0.1, 0.15) is 16.6 Å². The first-order chi connectivity index (χ1) is 12.3. The highest BCUT2D eigenvalue weighted by atomic mass is 35.5. The molecule has 0 saturated heterocycles. The van der Waals surface area contributed by atoms with Crippen LogP contribution in [0.15, 0.2) is 35.5 Å². The molecule has 3 rings (SSSR count). The van der Waals surface area contributed by atoms with E-state index in [4.69, 9.17) is 21.7 Å². The number of halogens is 1. The number of ether oxygens (including phenoxy) is 1. The van der Waals surface area contributed by atoms with E-state index in [-0.39, 0.29) is 5.92 Å². The standard InChI is InChI=1S/C20H21ClN4O/c1-11-5-6-17-16(10-23-25-17)18(8-11)26-19-9-12(2)7-15(13(3)22)20(19)24-14(4)21/h5-11,22H,1-4H3,(H,23,25). The Kier molecular flexibility index (Phi) is 5.09. The number of rotatable bonds is 4. The zero-order valence-electron chi connectivity index (χ0n) is 15.2. The fourth-order valence-electron chi connectivity index (χ4n) is 2.84. The molecule has 1 unspecified atom stereocenters. The first-order valence-corrected chi connectivity index (χ1v) is 8.75. The van der Waals surface area contributed by atoms with Crippen molar-refractivity contribution in [2.24, 2.45) is 10.9 Å². The lowest BCUT2D eigenvalue weighted by Gasteiger charge is -2.16. The highest BCUT2D eigenvalue weighted by Gasteiger charge is 2.19. The number of aliphatic imine (C=N–C) groups is 1. The summed E-state index contributed by atoms with van der Waals surface area (Å²) in [5, 5.41) is 15.6. The molecule has 0 fully saturated rings. The third-order valence-corrected chi connectivity index (χ3v) is 4.11. The molecule has 1 aliphatic carbocycles. The van der Waals surface area contributed by atoms with Gasteiger partial charge in [0.15, 0.2) is 5.75 Å². The Morgan fingerprint density at radius 1 is 1.35 bits per heavy atom. The molecule has 26 heavy (non-hydrogen) atoms. The van der Waals surface area contributed by atoms with Crippen molar-refractivity contribution in [3.63, 3.8) is 0 Å². The maximum absolute atomic E-state index is 8.09. The number of fused-ring (bicyclic) bond motifs is 1. The number of nitrogens with zero attached hydrogens (tertiary/aromatic N) is 2. The van der Waals surface area contributed by atoms with Crippen LogP contribution in [0.2, 0.25) is 0 Å². The number of aromatic nitrogens is 2. The van der Waals surface area contributed by atoms with Crippen LogP contribution < -0.4 is 4.74 Å². The van der Waals surface area contributed by atoms with E-state index in [0.717, 1.165) is 16.8 Å². The molecule has 0 bridgehead atoms. The predicted octanol–water partition coefficient (Wildman–Crippen LogP) is 5.48. The smallest absolute Gasteiger partial charge is 0.154 e. The van der Waals surface area contributed by atoms with Gasteiger partial charge < -0.3 is 10.1 Å². The van der Waals surface area contributed by atoms with Crippen LogP contribution in [-0.2, 0) is 0 Å².